The molecule has 0 radical (unpaired) electrons. The zero-order valence-corrected chi connectivity index (χ0v) is 13.2. The number of hydrogen-bond acceptors (Lipinski definition) is 2. The van der Waals surface area contributed by atoms with E-state index in [2.05, 4.69) is 16.0 Å². The van der Waals surface area contributed by atoms with Crippen molar-refractivity contribution in [2.45, 2.75) is 57.9 Å². The van der Waals surface area contributed by atoms with E-state index in [0.29, 0.717) is 12.5 Å². The maximum atomic E-state index is 11.9. The lowest BCUT2D eigenvalue weighted by Gasteiger charge is -2.22. The van der Waals surface area contributed by atoms with Gasteiger partial charge in [0, 0.05) is 23.8 Å². The molecular formula is C17H25N3O2. The first-order chi connectivity index (χ1) is 10.7. The predicted octanol–water partition coefficient (Wildman–Crippen LogP) is 3.88. The minimum atomic E-state index is -0.158. The molecule has 0 saturated heterocycles. The van der Waals surface area contributed by atoms with E-state index in [1.807, 2.05) is 6.92 Å². The maximum absolute atomic E-state index is 11.9. The molecule has 1 fully saturated rings. The topological polar surface area (TPSA) is 70.2 Å². The maximum Gasteiger partial charge on any atom is 0.319 e. The highest BCUT2D eigenvalue weighted by molar-refractivity contribution is 5.92. The standard InChI is InChI=1S/C17H25N3O2/c1-2-6-16(21)18-14-9-11-15(12-10-14)20-17(22)19-13-7-4-3-5-8-13/h9-13H,2-8H2,1H3,(H,18,21)(H2,19,20,22). The molecule has 2 rings (SSSR count). The lowest BCUT2D eigenvalue weighted by Crippen LogP contribution is -2.38. The molecule has 1 saturated carbocycles. The van der Waals surface area contributed by atoms with E-state index in [0.717, 1.165) is 30.6 Å². The SMILES string of the molecule is CCCC(=O)Nc1ccc(NC(=O)NC2CCCCC2)cc1. The van der Waals surface area contributed by atoms with Crippen LogP contribution in [0, 0.1) is 0 Å². The Labute approximate surface area is 131 Å². The average molecular weight is 303 g/mol. The molecule has 1 aliphatic carbocycles. The first kappa shape index (κ1) is 16.3. The van der Waals surface area contributed by atoms with E-state index in [9.17, 15) is 9.59 Å². The van der Waals surface area contributed by atoms with Crippen molar-refractivity contribution in [2.75, 3.05) is 10.6 Å². The number of rotatable bonds is 5. The predicted molar refractivity (Wildman–Crippen MR) is 89.0 cm³/mol. The summed E-state index contributed by atoms with van der Waals surface area (Å²) in [6.07, 6.45) is 7.13. The molecule has 0 atom stereocenters. The van der Waals surface area contributed by atoms with Crippen LogP contribution >= 0.6 is 0 Å². The van der Waals surface area contributed by atoms with E-state index < -0.39 is 0 Å². The summed E-state index contributed by atoms with van der Waals surface area (Å²) < 4.78 is 0. The number of benzene rings is 1. The molecule has 1 aromatic carbocycles. The van der Waals surface area contributed by atoms with Crippen molar-refractivity contribution in [3.05, 3.63) is 24.3 Å². The summed E-state index contributed by atoms with van der Waals surface area (Å²) >= 11 is 0. The van der Waals surface area contributed by atoms with Crippen LogP contribution in [0.15, 0.2) is 24.3 Å². The Kier molecular flexibility index (Phi) is 6.25. The number of amides is 3. The fourth-order valence-corrected chi connectivity index (χ4v) is 2.69. The van der Waals surface area contributed by atoms with Gasteiger partial charge in [-0.05, 0) is 43.5 Å². The third-order valence-corrected chi connectivity index (χ3v) is 3.84. The van der Waals surface area contributed by atoms with Crippen LogP contribution in [0.2, 0.25) is 0 Å². The number of nitrogens with one attached hydrogen (secondary N) is 3. The third-order valence-electron chi connectivity index (χ3n) is 3.84. The van der Waals surface area contributed by atoms with Crippen LogP contribution in [-0.4, -0.2) is 18.0 Å². The average Bonchev–Trinajstić information content (AvgIpc) is 2.50. The van der Waals surface area contributed by atoms with Gasteiger partial charge in [-0.2, -0.15) is 0 Å². The van der Waals surface area contributed by atoms with Gasteiger partial charge in [-0.3, -0.25) is 4.79 Å². The Morgan fingerprint density at radius 2 is 1.59 bits per heavy atom. The van der Waals surface area contributed by atoms with Gasteiger partial charge < -0.3 is 16.0 Å². The molecule has 1 aliphatic rings. The van der Waals surface area contributed by atoms with Gasteiger partial charge in [0.25, 0.3) is 0 Å². The van der Waals surface area contributed by atoms with E-state index in [4.69, 9.17) is 0 Å². The summed E-state index contributed by atoms with van der Waals surface area (Å²) in [4.78, 5) is 23.4. The van der Waals surface area contributed by atoms with Crippen molar-refractivity contribution in [2.24, 2.45) is 0 Å². The molecule has 5 nitrogen and oxygen atoms in total. The Morgan fingerprint density at radius 3 is 2.18 bits per heavy atom. The van der Waals surface area contributed by atoms with Crippen LogP contribution in [0.1, 0.15) is 51.9 Å². The van der Waals surface area contributed by atoms with Crippen LogP contribution < -0.4 is 16.0 Å². The van der Waals surface area contributed by atoms with Gasteiger partial charge >= 0.3 is 6.03 Å². The number of carbonyl (C=O) groups is 2. The van der Waals surface area contributed by atoms with Crippen LogP contribution in [0.5, 0.6) is 0 Å². The Hall–Kier alpha value is -2.04. The minimum Gasteiger partial charge on any atom is -0.335 e. The molecule has 1 aromatic rings. The molecule has 3 N–H and O–H groups in total. The zero-order valence-electron chi connectivity index (χ0n) is 13.2. The summed E-state index contributed by atoms with van der Waals surface area (Å²) in [7, 11) is 0. The Morgan fingerprint density at radius 1 is 1.00 bits per heavy atom. The first-order valence-corrected chi connectivity index (χ1v) is 8.15. The lowest BCUT2D eigenvalue weighted by molar-refractivity contribution is -0.116. The minimum absolute atomic E-state index is 0.0123. The van der Waals surface area contributed by atoms with Crippen molar-refractivity contribution < 1.29 is 9.59 Å². The second-order valence-electron chi connectivity index (χ2n) is 5.81. The molecule has 0 unspecified atom stereocenters. The highest BCUT2D eigenvalue weighted by Crippen LogP contribution is 2.18. The van der Waals surface area contributed by atoms with Crippen LogP contribution in [0.25, 0.3) is 0 Å². The zero-order chi connectivity index (χ0) is 15.8. The molecule has 0 bridgehead atoms. The van der Waals surface area contributed by atoms with E-state index in [-0.39, 0.29) is 11.9 Å². The van der Waals surface area contributed by atoms with Crippen LogP contribution in [0.3, 0.4) is 0 Å². The van der Waals surface area contributed by atoms with Crippen molar-refractivity contribution in [1.82, 2.24) is 5.32 Å². The van der Waals surface area contributed by atoms with Crippen molar-refractivity contribution in [1.29, 1.82) is 0 Å². The number of urea groups is 1. The van der Waals surface area contributed by atoms with Gasteiger partial charge in [0.15, 0.2) is 0 Å². The fraction of sp³-hybridized carbons (Fsp3) is 0.529. The van der Waals surface area contributed by atoms with Gasteiger partial charge in [-0.25, -0.2) is 4.79 Å². The lowest BCUT2D eigenvalue weighted by atomic mass is 9.96. The Balaban J connectivity index is 1.80. The van der Waals surface area contributed by atoms with Crippen molar-refractivity contribution in [3.8, 4) is 0 Å². The second-order valence-corrected chi connectivity index (χ2v) is 5.81. The van der Waals surface area contributed by atoms with Crippen LogP contribution in [-0.2, 0) is 4.79 Å². The molecule has 120 valence electrons. The van der Waals surface area contributed by atoms with Crippen molar-refractivity contribution >= 4 is 23.3 Å². The summed E-state index contributed by atoms with van der Waals surface area (Å²) in [5.41, 5.74) is 1.47. The highest BCUT2D eigenvalue weighted by Gasteiger charge is 2.15. The summed E-state index contributed by atoms with van der Waals surface area (Å²) in [5.74, 6) is 0.0123. The van der Waals surface area contributed by atoms with E-state index in [1.54, 1.807) is 24.3 Å². The van der Waals surface area contributed by atoms with Gasteiger partial charge in [-0.15, -0.1) is 0 Å². The summed E-state index contributed by atoms with van der Waals surface area (Å²) in [6, 6.07) is 7.31. The molecule has 22 heavy (non-hydrogen) atoms. The fourth-order valence-electron chi connectivity index (χ4n) is 2.69. The smallest absolute Gasteiger partial charge is 0.319 e. The third kappa shape index (κ3) is 5.39. The molecular weight excluding hydrogens is 278 g/mol. The van der Waals surface area contributed by atoms with Crippen LogP contribution in [0.4, 0.5) is 16.2 Å². The Bertz CT molecular complexity index is 493. The quantitative estimate of drug-likeness (QED) is 0.772. The molecule has 0 spiro atoms. The molecule has 0 aliphatic heterocycles. The first-order valence-electron chi connectivity index (χ1n) is 8.15. The summed E-state index contributed by atoms with van der Waals surface area (Å²) in [6.45, 7) is 1.97. The largest absolute Gasteiger partial charge is 0.335 e. The molecule has 0 heterocycles. The number of anilines is 2. The highest BCUT2D eigenvalue weighted by atomic mass is 16.2. The van der Waals surface area contributed by atoms with E-state index in [1.165, 1.54) is 19.3 Å². The number of carbonyl (C=O) groups excluding carboxylic acids is 2. The second kappa shape index (κ2) is 8.41. The van der Waals surface area contributed by atoms with E-state index >= 15 is 0 Å². The normalized spacial score (nSPS) is 15.1. The van der Waals surface area contributed by atoms with Gasteiger partial charge in [0.05, 0.1) is 0 Å². The summed E-state index contributed by atoms with van der Waals surface area (Å²) in [5, 5.41) is 8.67. The molecule has 3 amide bonds. The molecule has 5 heteroatoms. The van der Waals surface area contributed by atoms with Crippen molar-refractivity contribution in [3.63, 3.8) is 0 Å². The van der Waals surface area contributed by atoms with Gasteiger partial charge in [0.2, 0.25) is 5.91 Å². The molecule has 0 aromatic heterocycles. The monoisotopic (exact) mass is 303 g/mol. The van der Waals surface area contributed by atoms with Gasteiger partial charge in [-0.1, -0.05) is 26.2 Å². The number of hydrogen-bond donors (Lipinski definition) is 3. The van der Waals surface area contributed by atoms with Gasteiger partial charge in [0.1, 0.15) is 0 Å².